The van der Waals surface area contributed by atoms with Crippen LogP contribution in [0.3, 0.4) is 0 Å². The molecule has 174 valence electrons. The molecule has 1 unspecified atom stereocenters. The Morgan fingerprint density at radius 3 is 2.24 bits per heavy atom. The number of carboxylic acids is 1. The number of amides is 2. The number of hydrogen-bond donors (Lipinski definition) is 3. The molecule has 0 aromatic heterocycles. The first-order valence-corrected chi connectivity index (χ1v) is 11.1. The topological polar surface area (TPSA) is 114 Å². The van der Waals surface area contributed by atoms with Crippen molar-refractivity contribution >= 4 is 18.0 Å². The molecule has 0 radical (unpaired) electrons. The number of carbonyl (C=O) groups excluding carboxylic acids is 2. The zero-order valence-corrected chi connectivity index (χ0v) is 18.5. The number of ether oxygens (including phenoxy) is 2. The van der Waals surface area contributed by atoms with Crippen molar-refractivity contribution in [2.75, 3.05) is 20.3 Å². The highest BCUT2D eigenvalue weighted by molar-refractivity contribution is 5.82. The molecule has 3 N–H and O–H groups in total. The fourth-order valence-corrected chi connectivity index (χ4v) is 4.74. The summed E-state index contributed by atoms with van der Waals surface area (Å²) in [5, 5.41) is 14.5. The zero-order chi connectivity index (χ0) is 23.4. The maximum Gasteiger partial charge on any atom is 0.407 e. The molecule has 2 aliphatic rings. The number of benzene rings is 2. The van der Waals surface area contributed by atoms with E-state index >= 15 is 0 Å². The number of aliphatic carboxylic acids is 1. The van der Waals surface area contributed by atoms with Crippen LogP contribution in [0, 0.1) is 5.92 Å². The Morgan fingerprint density at radius 1 is 1.03 bits per heavy atom. The summed E-state index contributed by atoms with van der Waals surface area (Å²) in [7, 11) is 1.39. The highest BCUT2D eigenvalue weighted by Gasteiger charge is 2.32. The number of carboxylic acid groups (broad SMARTS) is 1. The molecule has 0 bridgehead atoms. The highest BCUT2D eigenvalue weighted by atomic mass is 16.5. The Kier molecular flexibility index (Phi) is 6.93. The zero-order valence-electron chi connectivity index (χ0n) is 18.5. The predicted molar refractivity (Wildman–Crippen MR) is 121 cm³/mol. The molecule has 0 saturated heterocycles. The van der Waals surface area contributed by atoms with Gasteiger partial charge in [-0.05, 0) is 41.5 Å². The summed E-state index contributed by atoms with van der Waals surface area (Å²) in [4.78, 5) is 35.9. The molecule has 3 atom stereocenters. The third-order valence-corrected chi connectivity index (χ3v) is 6.48. The first-order chi connectivity index (χ1) is 16.0. The Morgan fingerprint density at radius 2 is 1.67 bits per heavy atom. The lowest BCUT2D eigenvalue weighted by Gasteiger charge is -2.20. The van der Waals surface area contributed by atoms with Crippen LogP contribution in [0.25, 0.3) is 11.1 Å². The summed E-state index contributed by atoms with van der Waals surface area (Å²) < 4.78 is 10.7. The minimum absolute atomic E-state index is 0.0470. The molecule has 8 nitrogen and oxygen atoms in total. The maximum atomic E-state index is 12.5. The summed E-state index contributed by atoms with van der Waals surface area (Å²) in [5.74, 6) is -1.70. The lowest BCUT2D eigenvalue weighted by Crippen LogP contribution is -2.46. The van der Waals surface area contributed by atoms with E-state index in [2.05, 4.69) is 22.8 Å². The van der Waals surface area contributed by atoms with Crippen LogP contribution in [0.5, 0.6) is 0 Å². The standard InChI is InChI=1S/C25H28N2O6/c1-32-22(23(28)27-16-11-10-15(12-16)24(29)30)13-26-25(31)33-14-21-19-8-4-2-6-17(19)18-7-3-5-9-20(18)21/h2-9,15-16,21-22H,10-14H2,1H3,(H,26,31)(H,27,28)(H,29,30)/t15-,16+,22?/m0/s1. The molecular formula is C25H28N2O6. The maximum absolute atomic E-state index is 12.5. The van der Waals surface area contributed by atoms with Gasteiger partial charge in [0.15, 0.2) is 6.10 Å². The SMILES string of the molecule is COC(CNC(=O)OCC1c2ccccc2-c2ccccc21)C(=O)N[C@@H]1CC[C@H](C(=O)O)C1. The molecule has 2 aliphatic carbocycles. The van der Waals surface area contributed by atoms with Crippen molar-refractivity contribution in [3.05, 3.63) is 59.7 Å². The van der Waals surface area contributed by atoms with Crippen molar-refractivity contribution in [1.82, 2.24) is 10.6 Å². The van der Waals surface area contributed by atoms with E-state index in [0.29, 0.717) is 19.3 Å². The van der Waals surface area contributed by atoms with Gasteiger partial charge in [0.2, 0.25) is 0 Å². The van der Waals surface area contributed by atoms with Gasteiger partial charge < -0.3 is 25.2 Å². The predicted octanol–water partition coefficient (Wildman–Crippen LogP) is 2.91. The average molecular weight is 453 g/mol. The van der Waals surface area contributed by atoms with E-state index in [1.807, 2.05) is 36.4 Å². The van der Waals surface area contributed by atoms with Crippen LogP contribution in [-0.2, 0) is 19.1 Å². The lowest BCUT2D eigenvalue weighted by atomic mass is 9.98. The first kappa shape index (κ1) is 22.8. The van der Waals surface area contributed by atoms with Crippen LogP contribution >= 0.6 is 0 Å². The van der Waals surface area contributed by atoms with Crippen molar-refractivity contribution in [3.8, 4) is 11.1 Å². The fourth-order valence-electron chi connectivity index (χ4n) is 4.74. The molecule has 1 saturated carbocycles. The van der Waals surface area contributed by atoms with E-state index in [0.717, 1.165) is 22.3 Å². The smallest absolute Gasteiger partial charge is 0.407 e. The number of hydrogen-bond acceptors (Lipinski definition) is 5. The van der Waals surface area contributed by atoms with Gasteiger partial charge in [-0.25, -0.2) is 4.79 Å². The number of rotatable bonds is 8. The van der Waals surface area contributed by atoms with E-state index in [-0.39, 0.29) is 31.0 Å². The lowest BCUT2D eigenvalue weighted by molar-refractivity contribution is -0.141. The van der Waals surface area contributed by atoms with Gasteiger partial charge in [0.25, 0.3) is 5.91 Å². The number of nitrogens with one attached hydrogen (secondary N) is 2. The number of fused-ring (bicyclic) bond motifs is 3. The van der Waals surface area contributed by atoms with E-state index in [4.69, 9.17) is 14.6 Å². The third kappa shape index (κ3) is 5.01. The highest BCUT2D eigenvalue weighted by Crippen LogP contribution is 2.44. The minimum Gasteiger partial charge on any atom is -0.481 e. The van der Waals surface area contributed by atoms with E-state index in [1.165, 1.54) is 7.11 Å². The van der Waals surface area contributed by atoms with Crippen molar-refractivity contribution in [3.63, 3.8) is 0 Å². The minimum atomic E-state index is -0.894. The molecule has 0 aliphatic heterocycles. The quantitative estimate of drug-likeness (QED) is 0.568. The van der Waals surface area contributed by atoms with Gasteiger partial charge in [-0.1, -0.05) is 48.5 Å². The first-order valence-electron chi connectivity index (χ1n) is 11.1. The molecule has 0 spiro atoms. The van der Waals surface area contributed by atoms with Crippen molar-refractivity contribution in [2.24, 2.45) is 5.92 Å². The Balaban J connectivity index is 1.28. The summed E-state index contributed by atoms with van der Waals surface area (Å²) in [6, 6.07) is 16.0. The Labute approximate surface area is 192 Å². The normalized spacial score (nSPS) is 19.9. The molecule has 2 amide bonds. The Bertz CT molecular complexity index is 994. The molecular weight excluding hydrogens is 424 g/mol. The van der Waals surface area contributed by atoms with E-state index in [1.54, 1.807) is 0 Å². The summed E-state index contributed by atoms with van der Waals surface area (Å²) in [5.41, 5.74) is 4.54. The summed E-state index contributed by atoms with van der Waals surface area (Å²) in [6.45, 7) is 0.135. The van der Waals surface area contributed by atoms with Gasteiger partial charge >= 0.3 is 12.1 Å². The second-order valence-electron chi connectivity index (χ2n) is 8.48. The second-order valence-corrected chi connectivity index (χ2v) is 8.48. The van der Waals surface area contributed by atoms with E-state index < -0.39 is 24.1 Å². The molecule has 2 aromatic rings. The monoisotopic (exact) mass is 452 g/mol. The molecule has 8 heteroatoms. The van der Waals surface area contributed by atoms with Gasteiger partial charge in [-0.15, -0.1) is 0 Å². The van der Waals surface area contributed by atoms with Gasteiger partial charge in [0.05, 0.1) is 12.5 Å². The summed E-state index contributed by atoms with van der Waals surface area (Å²) >= 11 is 0. The van der Waals surface area contributed by atoms with Crippen LogP contribution in [0.15, 0.2) is 48.5 Å². The van der Waals surface area contributed by atoms with Crippen LogP contribution in [0.2, 0.25) is 0 Å². The van der Waals surface area contributed by atoms with Crippen molar-refractivity contribution in [2.45, 2.75) is 37.3 Å². The second kappa shape index (κ2) is 10.0. The van der Waals surface area contributed by atoms with Crippen molar-refractivity contribution in [1.29, 1.82) is 0 Å². The largest absolute Gasteiger partial charge is 0.481 e. The fraction of sp³-hybridized carbons (Fsp3) is 0.400. The molecule has 0 heterocycles. The number of alkyl carbamates (subject to hydrolysis) is 1. The number of methoxy groups -OCH3 is 1. The Hall–Kier alpha value is -3.39. The van der Waals surface area contributed by atoms with Gasteiger partial charge in [0.1, 0.15) is 6.61 Å². The molecule has 1 fully saturated rings. The van der Waals surface area contributed by atoms with Gasteiger partial charge in [-0.2, -0.15) is 0 Å². The van der Waals surface area contributed by atoms with Crippen LogP contribution in [0.1, 0.15) is 36.3 Å². The van der Waals surface area contributed by atoms with Gasteiger partial charge in [0, 0.05) is 19.1 Å². The number of carbonyl (C=O) groups is 3. The van der Waals surface area contributed by atoms with Crippen molar-refractivity contribution < 1.29 is 29.0 Å². The third-order valence-electron chi connectivity index (χ3n) is 6.48. The molecule has 4 rings (SSSR count). The van der Waals surface area contributed by atoms with Crippen LogP contribution in [0.4, 0.5) is 4.79 Å². The average Bonchev–Trinajstić information content (AvgIpc) is 3.41. The summed E-state index contributed by atoms with van der Waals surface area (Å²) in [6.07, 6.45) is 0.0273. The molecule has 2 aromatic carbocycles. The van der Waals surface area contributed by atoms with E-state index in [9.17, 15) is 14.4 Å². The molecule has 33 heavy (non-hydrogen) atoms. The van der Waals surface area contributed by atoms with Crippen LogP contribution < -0.4 is 10.6 Å². The van der Waals surface area contributed by atoms with Crippen LogP contribution in [-0.4, -0.2) is 55.5 Å². The van der Waals surface area contributed by atoms with Gasteiger partial charge in [-0.3, -0.25) is 9.59 Å².